The van der Waals surface area contributed by atoms with Crippen molar-refractivity contribution in [2.24, 2.45) is 0 Å². The molecule has 1 aliphatic heterocycles. The van der Waals surface area contributed by atoms with Crippen molar-refractivity contribution in [2.45, 2.75) is 13.2 Å². The van der Waals surface area contributed by atoms with Crippen LogP contribution < -0.4 is 5.73 Å². The minimum atomic E-state index is 0.485. The standard InChI is InChI=1S/C5H8N4O/c6-5-8-7-4-3-10-2-1-9(4)5/h1-3H2,(H2,6,8). The molecule has 1 aromatic heterocycles. The number of anilines is 1. The SMILES string of the molecule is Nc1nnc2n1CCOC2. The lowest BCUT2D eigenvalue weighted by molar-refractivity contribution is 0.0822. The van der Waals surface area contributed by atoms with Gasteiger partial charge in [0.05, 0.1) is 13.2 Å². The molecule has 54 valence electrons. The summed E-state index contributed by atoms with van der Waals surface area (Å²) in [4.78, 5) is 0. The van der Waals surface area contributed by atoms with Crippen LogP contribution in [0.3, 0.4) is 0 Å². The number of ether oxygens (including phenoxy) is 1. The third-order valence-electron chi connectivity index (χ3n) is 1.55. The molecular weight excluding hydrogens is 132 g/mol. The van der Waals surface area contributed by atoms with Crippen LogP contribution in [0.15, 0.2) is 0 Å². The van der Waals surface area contributed by atoms with Gasteiger partial charge >= 0.3 is 0 Å². The predicted molar refractivity (Wildman–Crippen MR) is 34.1 cm³/mol. The van der Waals surface area contributed by atoms with Gasteiger partial charge in [-0.05, 0) is 0 Å². The van der Waals surface area contributed by atoms with Gasteiger partial charge in [-0.3, -0.25) is 4.57 Å². The minimum absolute atomic E-state index is 0.485. The molecule has 0 atom stereocenters. The van der Waals surface area contributed by atoms with Gasteiger partial charge in [0, 0.05) is 0 Å². The van der Waals surface area contributed by atoms with Crippen LogP contribution in [0.25, 0.3) is 0 Å². The zero-order chi connectivity index (χ0) is 6.97. The van der Waals surface area contributed by atoms with Gasteiger partial charge in [0.2, 0.25) is 5.95 Å². The Balaban J connectivity index is 2.45. The molecule has 0 amide bonds. The van der Waals surface area contributed by atoms with E-state index in [0.29, 0.717) is 19.2 Å². The second-order valence-corrected chi connectivity index (χ2v) is 2.18. The predicted octanol–water partition coefficient (Wildman–Crippen LogP) is -0.610. The highest BCUT2D eigenvalue weighted by molar-refractivity contribution is 5.17. The molecule has 0 spiro atoms. The summed E-state index contributed by atoms with van der Waals surface area (Å²) in [5, 5.41) is 7.53. The maximum atomic E-state index is 5.50. The fourth-order valence-electron chi connectivity index (χ4n) is 1.02. The lowest BCUT2D eigenvalue weighted by Gasteiger charge is -2.13. The van der Waals surface area contributed by atoms with Crippen molar-refractivity contribution in [3.05, 3.63) is 5.82 Å². The highest BCUT2D eigenvalue weighted by atomic mass is 16.5. The van der Waals surface area contributed by atoms with Gasteiger partial charge in [-0.25, -0.2) is 0 Å². The third-order valence-corrected chi connectivity index (χ3v) is 1.55. The molecule has 10 heavy (non-hydrogen) atoms. The van der Waals surface area contributed by atoms with Crippen molar-refractivity contribution >= 4 is 5.95 Å². The number of aromatic nitrogens is 3. The Morgan fingerprint density at radius 1 is 1.50 bits per heavy atom. The Hall–Kier alpha value is -1.10. The maximum Gasteiger partial charge on any atom is 0.222 e. The maximum absolute atomic E-state index is 5.50. The summed E-state index contributed by atoms with van der Waals surface area (Å²) in [5.74, 6) is 1.31. The Morgan fingerprint density at radius 2 is 2.40 bits per heavy atom. The molecule has 5 heteroatoms. The van der Waals surface area contributed by atoms with Crippen molar-refractivity contribution in [2.75, 3.05) is 12.3 Å². The zero-order valence-corrected chi connectivity index (χ0v) is 5.45. The normalized spacial score (nSPS) is 16.8. The van der Waals surface area contributed by atoms with Gasteiger partial charge in [0.15, 0.2) is 5.82 Å². The van der Waals surface area contributed by atoms with Gasteiger partial charge < -0.3 is 10.5 Å². The first-order valence-corrected chi connectivity index (χ1v) is 3.13. The molecule has 2 rings (SSSR count). The number of nitrogen functional groups attached to an aromatic ring is 1. The van der Waals surface area contributed by atoms with E-state index in [4.69, 9.17) is 10.5 Å². The molecule has 5 nitrogen and oxygen atoms in total. The van der Waals surface area contributed by atoms with E-state index in [1.165, 1.54) is 0 Å². The Labute approximate surface area is 57.8 Å². The molecule has 0 saturated heterocycles. The number of hydrogen-bond acceptors (Lipinski definition) is 4. The van der Waals surface area contributed by atoms with Crippen LogP contribution in [0.1, 0.15) is 5.82 Å². The second-order valence-electron chi connectivity index (χ2n) is 2.18. The smallest absolute Gasteiger partial charge is 0.222 e. The van der Waals surface area contributed by atoms with E-state index in [-0.39, 0.29) is 0 Å². The molecule has 1 aromatic rings. The van der Waals surface area contributed by atoms with E-state index in [1.807, 2.05) is 4.57 Å². The summed E-state index contributed by atoms with van der Waals surface area (Å²) in [6.07, 6.45) is 0. The molecule has 0 aromatic carbocycles. The van der Waals surface area contributed by atoms with Gasteiger partial charge in [0.25, 0.3) is 0 Å². The first kappa shape index (κ1) is 5.67. The van der Waals surface area contributed by atoms with Crippen LogP contribution in [0, 0.1) is 0 Å². The van der Waals surface area contributed by atoms with Crippen LogP contribution >= 0.6 is 0 Å². The first-order valence-electron chi connectivity index (χ1n) is 3.13. The highest BCUT2D eigenvalue weighted by Crippen LogP contribution is 2.09. The monoisotopic (exact) mass is 140 g/mol. The van der Waals surface area contributed by atoms with Gasteiger partial charge in [-0.15, -0.1) is 10.2 Å². The van der Waals surface area contributed by atoms with Crippen LogP contribution in [-0.4, -0.2) is 21.4 Å². The van der Waals surface area contributed by atoms with Crippen molar-refractivity contribution in [1.82, 2.24) is 14.8 Å². The van der Waals surface area contributed by atoms with Crippen molar-refractivity contribution in [3.63, 3.8) is 0 Å². The van der Waals surface area contributed by atoms with Crippen molar-refractivity contribution in [1.29, 1.82) is 0 Å². The average Bonchev–Trinajstić information content (AvgIpc) is 2.34. The van der Waals surface area contributed by atoms with E-state index in [1.54, 1.807) is 0 Å². The molecular formula is C5H8N4O. The number of rotatable bonds is 0. The van der Waals surface area contributed by atoms with Crippen LogP contribution in [0.4, 0.5) is 5.95 Å². The molecule has 0 unspecified atom stereocenters. The largest absolute Gasteiger partial charge is 0.372 e. The summed E-state index contributed by atoms with van der Waals surface area (Å²) in [6, 6.07) is 0. The first-order chi connectivity index (χ1) is 4.88. The quantitative estimate of drug-likeness (QED) is 0.522. The summed E-state index contributed by atoms with van der Waals surface area (Å²) in [5.41, 5.74) is 5.50. The summed E-state index contributed by atoms with van der Waals surface area (Å²) in [6.45, 7) is 2.01. The van der Waals surface area contributed by atoms with Crippen molar-refractivity contribution < 1.29 is 4.74 Å². The number of nitrogens with zero attached hydrogens (tertiary/aromatic N) is 3. The summed E-state index contributed by atoms with van der Waals surface area (Å²) < 4.78 is 6.99. The van der Waals surface area contributed by atoms with Gasteiger partial charge in [-0.2, -0.15) is 0 Å². The van der Waals surface area contributed by atoms with E-state index >= 15 is 0 Å². The number of nitrogens with two attached hydrogens (primary N) is 1. The molecule has 2 N–H and O–H groups in total. The second kappa shape index (κ2) is 1.95. The van der Waals surface area contributed by atoms with Gasteiger partial charge in [-0.1, -0.05) is 0 Å². The molecule has 1 aliphatic rings. The van der Waals surface area contributed by atoms with E-state index < -0.39 is 0 Å². The lowest BCUT2D eigenvalue weighted by Crippen LogP contribution is -2.18. The molecule has 0 radical (unpaired) electrons. The van der Waals surface area contributed by atoms with E-state index in [0.717, 1.165) is 12.4 Å². The Kier molecular flexibility index (Phi) is 1.10. The average molecular weight is 140 g/mol. The van der Waals surface area contributed by atoms with Gasteiger partial charge in [0.1, 0.15) is 6.61 Å². The number of fused-ring (bicyclic) bond motifs is 1. The minimum Gasteiger partial charge on any atom is -0.372 e. The summed E-state index contributed by atoms with van der Waals surface area (Å²) >= 11 is 0. The number of hydrogen-bond donors (Lipinski definition) is 1. The fourth-order valence-corrected chi connectivity index (χ4v) is 1.02. The Morgan fingerprint density at radius 3 is 3.20 bits per heavy atom. The fraction of sp³-hybridized carbons (Fsp3) is 0.600. The molecule has 0 saturated carbocycles. The lowest BCUT2D eigenvalue weighted by atomic mass is 10.5. The zero-order valence-electron chi connectivity index (χ0n) is 5.45. The summed E-state index contributed by atoms with van der Waals surface area (Å²) in [7, 11) is 0. The molecule has 0 fully saturated rings. The molecule has 2 heterocycles. The van der Waals surface area contributed by atoms with E-state index in [9.17, 15) is 0 Å². The van der Waals surface area contributed by atoms with Crippen LogP contribution in [0.5, 0.6) is 0 Å². The van der Waals surface area contributed by atoms with Crippen LogP contribution in [0.2, 0.25) is 0 Å². The third kappa shape index (κ3) is 0.672. The highest BCUT2D eigenvalue weighted by Gasteiger charge is 2.12. The molecule has 0 aliphatic carbocycles. The topological polar surface area (TPSA) is 66.0 Å². The van der Waals surface area contributed by atoms with E-state index in [2.05, 4.69) is 10.2 Å². The van der Waals surface area contributed by atoms with Crippen LogP contribution in [-0.2, 0) is 17.9 Å². The Bertz CT molecular complexity index is 244. The van der Waals surface area contributed by atoms with Crippen molar-refractivity contribution in [3.8, 4) is 0 Å². The molecule has 0 bridgehead atoms.